The summed E-state index contributed by atoms with van der Waals surface area (Å²) < 4.78 is 14.3. The van der Waals surface area contributed by atoms with Gasteiger partial charge in [-0.2, -0.15) is 0 Å². The van der Waals surface area contributed by atoms with Crippen molar-refractivity contribution in [2.75, 3.05) is 11.9 Å². The van der Waals surface area contributed by atoms with E-state index in [0.717, 1.165) is 0 Å². The summed E-state index contributed by atoms with van der Waals surface area (Å²) in [5.74, 6) is -1.45. The zero-order valence-electron chi connectivity index (χ0n) is 9.29. The topological polar surface area (TPSA) is 40.5 Å². The highest BCUT2D eigenvalue weighted by atomic mass is 79.9. The summed E-state index contributed by atoms with van der Waals surface area (Å²) in [5, 5.41) is 9.06. The average molecular weight is 290 g/mol. The lowest BCUT2D eigenvalue weighted by atomic mass is 10.0. The Kier molecular flexibility index (Phi) is 3.57. The molecule has 1 N–H and O–H groups in total. The number of aliphatic carboxylic acids is 1. The molecule has 0 spiro atoms. The Labute approximate surface area is 102 Å². The van der Waals surface area contributed by atoms with Crippen LogP contribution in [-0.2, 0) is 4.79 Å². The van der Waals surface area contributed by atoms with Crippen LogP contribution in [0.3, 0.4) is 0 Å². The van der Waals surface area contributed by atoms with Crippen molar-refractivity contribution in [3.05, 3.63) is 28.5 Å². The highest BCUT2D eigenvalue weighted by Crippen LogP contribution is 2.28. The third-order valence-electron chi connectivity index (χ3n) is 2.63. The van der Waals surface area contributed by atoms with Gasteiger partial charge < -0.3 is 10.0 Å². The molecule has 0 aromatic heterocycles. The first-order chi connectivity index (χ1) is 7.26. The van der Waals surface area contributed by atoms with Crippen molar-refractivity contribution in [3.63, 3.8) is 0 Å². The lowest BCUT2D eigenvalue weighted by Gasteiger charge is -2.33. The number of rotatable bonds is 3. The third-order valence-corrected chi connectivity index (χ3v) is 3.12. The van der Waals surface area contributed by atoms with Gasteiger partial charge in [0.05, 0.1) is 5.69 Å². The molecule has 1 aromatic rings. The standard InChI is InChI=1S/C11H13BrFNO2/c1-11(2,10(15)16)14(3)9-6-7(12)4-5-8(9)13/h4-6H,1-3H3,(H,15,16). The molecule has 0 atom stereocenters. The molecule has 0 amide bonds. The second kappa shape index (κ2) is 4.41. The SMILES string of the molecule is CN(c1cc(Br)ccc1F)C(C)(C)C(=O)O. The van der Waals surface area contributed by atoms with Gasteiger partial charge in [0.15, 0.2) is 0 Å². The lowest BCUT2D eigenvalue weighted by molar-refractivity contribution is -0.142. The number of nitrogens with zero attached hydrogens (tertiary/aromatic N) is 1. The third kappa shape index (κ3) is 2.35. The van der Waals surface area contributed by atoms with Gasteiger partial charge in [-0.1, -0.05) is 15.9 Å². The molecule has 0 heterocycles. The monoisotopic (exact) mass is 289 g/mol. The van der Waals surface area contributed by atoms with Crippen molar-refractivity contribution in [1.29, 1.82) is 0 Å². The number of likely N-dealkylation sites (N-methyl/N-ethyl adjacent to an activating group) is 1. The van der Waals surface area contributed by atoms with Crippen LogP contribution in [0.25, 0.3) is 0 Å². The van der Waals surface area contributed by atoms with E-state index < -0.39 is 17.3 Å². The Morgan fingerprint density at radius 3 is 2.56 bits per heavy atom. The van der Waals surface area contributed by atoms with E-state index in [1.165, 1.54) is 24.8 Å². The van der Waals surface area contributed by atoms with Gasteiger partial charge in [-0.05, 0) is 32.0 Å². The molecule has 0 aliphatic heterocycles. The molecular formula is C11H13BrFNO2. The van der Waals surface area contributed by atoms with Crippen LogP contribution in [-0.4, -0.2) is 23.7 Å². The van der Waals surface area contributed by atoms with E-state index in [4.69, 9.17) is 5.11 Å². The molecule has 0 bridgehead atoms. The summed E-state index contributed by atoms with van der Waals surface area (Å²) in [6.45, 7) is 3.05. The maximum atomic E-state index is 13.6. The van der Waals surface area contributed by atoms with E-state index in [9.17, 15) is 9.18 Å². The van der Waals surface area contributed by atoms with Crippen molar-refractivity contribution >= 4 is 27.6 Å². The fourth-order valence-corrected chi connectivity index (χ4v) is 1.54. The highest BCUT2D eigenvalue weighted by Gasteiger charge is 2.33. The summed E-state index contributed by atoms with van der Waals surface area (Å²) in [6, 6.07) is 4.42. The van der Waals surface area contributed by atoms with Gasteiger partial charge in [-0.15, -0.1) is 0 Å². The molecule has 0 saturated heterocycles. The summed E-state index contributed by atoms with van der Waals surface area (Å²) in [4.78, 5) is 12.5. The molecule has 16 heavy (non-hydrogen) atoms. The zero-order valence-corrected chi connectivity index (χ0v) is 10.9. The Balaban J connectivity index is 3.19. The van der Waals surface area contributed by atoms with E-state index in [1.54, 1.807) is 19.2 Å². The predicted molar refractivity (Wildman–Crippen MR) is 64.2 cm³/mol. The summed E-state index contributed by atoms with van der Waals surface area (Å²) in [5.41, 5.74) is -0.913. The Bertz CT molecular complexity index is 420. The molecule has 1 aromatic carbocycles. The number of anilines is 1. The number of hydrogen-bond acceptors (Lipinski definition) is 2. The Hall–Kier alpha value is -1.10. The lowest BCUT2D eigenvalue weighted by Crippen LogP contribution is -2.48. The molecular weight excluding hydrogens is 277 g/mol. The Morgan fingerprint density at radius 1 is 1.50 bits per heavy atom. The number of halogens is 2. The smallest absolute Gasteiger partial charge is 0.328 e. The molecule has 0 saturated carbocycles. The summed E-state index contributed by atoms with van der Waals surface area (Å²) >= 11 is 3.23. The van der Waals surface area contributed by atoms with Crippen LogP contribution in [0.2, 0.25) is 0 Å². The zero-order chi connectivity index (χ0) is 12.5. The number of benzene rings is 1. The van der Waals surface area contributed by atoms with Gasteiger partial charge in [-0.25, -0.2) is 9.18 Å². The van der Waals surface area contributed by atoms with Crippen LogP contribution in [0, 0.1) is 5.82 Å². The van der Waals surface area contributed by atoms with Crippen LogP contribution in [0.4, 0.5) is 10.1 Å². The minimum atomic E-state index is -1.17. The van der Waals surface area contributed by atoms with Crippen LogP contribution in [0.5, 0.6) is 0 Å². The molecule has 0 unspecified atom stereocenters. The molecule has 0 aliphatic rings. The number of carbonyl (C=O) groups is 1. The average Bonchev–Trinajstić information content (AvgIpc) is 2.20. The van der Waals surface area contributed by atoms with Crippen molar-refractivity contribution in [2.45, 2.75) is 19.4 Å². The van der Waals surface area contributed by atoms with Crippen LogP contribution in [0.15, 0.2) is 22.7 Å². The Morgan fingerprint density at radius 2 is 2.06 bits per heavy atom. The van der Waals surface area contributed by atoms with E-state index in [2.05, 4.69) is 15.9 Å². The molecule has 5 heteroatoms. The number of carboxylic acid groups (broad SMARTS) is 1. The maximum Gasteiger partial charge on any atom is 0.328 e. The fraction of sp³-hybridized carbons (Fsp3) is 0.364. The first kappa shape index (κ1) is 13.0. The van der Waals surface area contributed by atoms with Gasteiger partial charge in [0.1, 0.15) is 11.4 Å². The molecule has 0 fully saturated rings. The van der Waals surface area contributed by atoms with Gasteiger partial charge in [0, 0.05) is 11.5 Å². The number of carboxylic acids is 1. The van der Waals surface area contributed by atoms with E-state index >= 15 is 0 Å². The molecule has 3 nitrogen and oxygen atoms in total. The first-order valence-electron chi connectivity index (χ1n) is 4.69. The molecule has 1 rings (SSSR count). The normalized spacial score (nSPS) is 11.3. The van der Waals surface area contributed by atoms with Crippen LogP contribution >= 0.6 is 15.9 Å². The second-order valence-electron chi connectivity index (χ2n) is 4.02. The van der Waals surface area contributed by atoms with Gasteiger partial charge in [0.2, 0.25) is 0 Å². The van der Waals surface area contributed by atoms with Crippen LogP contribution in [0.1, 0.15) is 13.8 Å². The van der Waals surface area contributed by atoms with Crippen molar-refractivity contribution in [3.8, 4) is 0 Å². The van der Waals surface area contributed by atoms with Crippen LogP contribution < -0.4 is 4.90 Å². The molecule has 88 valence electrons. The van der Waals surface area contributed by atoms with Gasteiger partial charge in [-0.3, -0.25) is 0 Å². The largest absolute Gasteiger partial charge is 0.480 e. The van der Waals surface area contributed by atoms with Crippen molar-refractivity contribution in [2.24, 2.45) is 0 Å². The van der Waals surface area contributed by atoms with E-state index in [1.807, 2.05) is 0 Å². The van der Waals surface area contributed by atoms with E-state index in [-0.39, 0.29) is 5.69 Å². The molecule has 0 aliphatic carbocycles. The van der Waals surface area contributed by atoms with Gasteiger partial charge >= 0.3 is 5.97 Å². The molecule has 0 radical (unpaired) electrons. The minimum Gasteiger partial charge on any atom is -0.480 e. The van der Waals surface area contributed by atoms with E-state index in [0.29, 0.717) is 4.47 Å². The second-order valence-corrected chi connectivity index (χ2v) is 4.93. The highest BCUT2D eigenvalue weighted by molar-refractivity contribution is 9.10. The minimum absolute atomic E-state index is 0.252. The predicted octanol–water partition coefficient (Wildman–Crippen LogP) is 2.89. The van der Waals surface area contributed by atoms with Crippen molar-refractivity contribution in [1.82, 2.24) is 0 Å². The first-order valence-corrected chi connectivity index (χ1v) is 5.48. The van der Waals surface area contributed by atoms with Gasteiger partial charge in [0.25, 0.3) is 0 Å². The summed E-state index contributed by atoms with van der Waals surface area (Å²) in [7, 11) is 1.55. The number of hydrogen-bond donors (Lipinski definition) is 1. The summed E-state index contributed by atoms with van der Waals surface area (Å²) in [6.07, 6.45) is 0. The maximum absolute atomic E-state index is 13.6. The fourth-order valence-electron chi connectivity index (χ4n) is 1.19. The quantitative estimate of drug-likeness (QED) is 0.930. The van der Waals surface area contributed by atoms with Crippen molar-refractivity contribution < 1.29 is 14.3 Å².